The molecule has 1 aliphatic heterocycles. The van der Waals surface area contributed by atoms with Gasteiger partial charge < -0.3 is 11.1 Å². The van der Waals surface area contributed by atoms with Crippen LogP contribution in [0.1, 0.15) is 15.9 Å². The smallest absolute Gasteiger partial charge is 0.253 e. The number of hydrogen-bond acceptors (Lipinski definition) is 3. The number of anilines is 1. The van der Waals surface area contributed by atoms with E-state index < -0.39 is 0 Å². The van der Waals surface area contributed by atoms with Crippen molar-refractivity contribution in [3.05, 3.63) is 23.5 Å². The van der Waals surface area contributed by atoms with E-state index in [1.165, 1.54) is 0 Å². The number of nitrogen functional groups attached to an aromatic ring is 1. The number of nitrogens with one attached hydrogen (secondary N) is 1. The van der Waals surface area contributed by atoms with Crippen molar-refractivity contribution in [1.82, 2.24) is 10.3 Å². The topological polar surface area (TPSA) is 68.0 Å². The Labute approximate surface area is 81.9 Å². The molecule has 5 heteroatoms. The van der Waals surface area contributed by atoms with Crippen molar-refractivity contribution >= 4 is 24.0 Å². The summed E-state index contributed by atoms with van der Waals surface area (Å²) in [6, 6.07) is 0. The van der Waals surface area contributed by atoms with Crippen molar-refractivity contribution in [1.29, 1.82) is 0 Å². The maximum absolute atomic E-state index is 11.2. The van der Waals surface area contributed by atoms with Gasteiger partial charge in [0.25, 0.3) is 5.91 Å². The lowest BCUT2D eigenvalue weighted by Crippen LogP contribution is -2.32. The molecule has 1 amide bonds. The predicted octanol–water partition coefficient (Wildman–Crippen LogP) is 0.371. The summed E-state index contributed by atoms with van der Waals surface area (Å²) in [5.74, 6) is -0.0731. The molecule has 4 nitrogen and oxygen atoms in total. The lowest BCUT2D eigenvalue weighted by Gasteiger charge is -2.16. The van der Waals surface area contributed by atoms with E-state index in [-0.39, 0.29) is 18.3 Å². The van der Waals surface area contributed by atoms with E-state index in [0.717, 1.165) is 12.0 Å². The van der Waals surface area contributed by atoms with Gasteiger partial charge in [0.2, 0.25) is 0 Å². The summed E-state index contributed by atoms with van der Waals surface area (Å²) in [7, 11) is 0. The first kappa shape index (κ1) is 9.80. The van der Waals surface area contributed by atoms with Crippen LogP contribution in [-0.4, -0.2) is 17.4 Å². The van der Waals surface area contributed by atoms with Crippen LogP contribution < -0.4 is 11.1 Å². The number of aromatic nitrogens is 1. The van der Waals surface area contributed by atoms with E-state index in [1.54, 1.807) is 12.4 Å². The molecule has 1 aliphatic rings. The summed E-state index contributed by atoms with van der Waals surface area (Å²) >= 11 is 0. The van der Waals surface area contributed by atoms with Crippen molar-refractivity contribution in [2.24, 2.45) is 0 Å². The van der Waals surface area contributed by atoms with Gasteiger partial charge in [0, 0.05) is 12.7 Å². The Morgan fingerprint density at radius 2 is 2.23 bits per heavy atom. The lowest BCUT2D eigenvalue weighted by atomic mass is 10.0. The van der Waals surface area contributed by atoms with Crippen molar-refractivity contribution in [2.75, 3.05) is 12.3 Å². The van der Waals surface area contributed by atoms with E-state index in [2.05, 4.69) is 10.3 Å². The molecule has 0 spiro atoms. The third-order valence-corrected chi connectivity index (χ3v) is 2.00. The van der Waals surface area contributed by atoms with Crippen LogP contribution in [0.3, 0.4) is 0 Å². The highest BCUT2D eigenvalue weighted by Crippen LogP contribution is 2.18. The number of amides is 1. The van der Waals surface area contributed by atoms with Gasteiger partial charge in [0.1, 0.15) is 0 Å². The van der Waals surface area contributed by atoms with Gasteiger partial charge in [-0.15, -0.1) is 12.4 Å². The van der Waals surface area contributed by atoms with Gasteiger partial charge in [-0.2, -0.15) is 0 Å². The van der Waals surface area contributed by atoms with Gasteiger partial charge >= 0.3 is 0 Å². The molecule has 1 aromatic rings. The Balaban J connectivity index is 0.000000845. The molecular formula is C8H10ClN3O. The third kappa shape index (κ3) is 1.58. The van der Waals surface area contributed by atoms with Gasteiger partial charge in [0.15, 0.2) is 0 Å². The van der Waals surface area contributed by atoms with Gasteiger partial charge in [-0.1, -0.05) is 0 Å². The zero-order valence-corrected chi connectivity index (χ0v) is 7.73. The number of nitrogens with zero attached hydrogens (tertiary/aromatic N) is 1. The first-order valence-corrected chi connectivity index (χ1v) is 3.79. The van der Waals surface area contributed by atoms with Crippen LogP contribution >= 0.6 is 12.4 Å². The maximum atomic E-state index is 11.2. The molecule has 2 heterocycles. The average Bonchev–Trinajstić information content (AvgIpc) is 2.07. The summed E-state index contributed by atoms with van der Waals surface area (Å²) in [6.07, 6.45) is 3.94. The molecule has 0 bridgehead atoms. The Bertz CT molecular complexity index is 340. The maximum Gasteiger partial charge on any atom is 0.253 e. The molecule has 0 aromatic carbocycles. The molecule has 0 saturated heterocycles. The Morgan fingerprint density at radius 1 is 1.46 bits per heavy atom. The zero-order valence-electron chi connectivity index (χ0n) is 6.91. The van der Waals surface area contributed by atoms with E-state index in [4.69, 9.17) is 5.73 Å². The van der Waals surface area contributed by atoms with Crippen molar-refractivity contribution in [3.63, 3.8) is 0 Å². The molecule has 3 N–H and O–H groups in total. The van der Waals surface area contributed by atoms with Crippen molar-refractivity contribution < 1.29 is 4.79 Å². The first-order chi connectivity index (χ1) is 5.79. The molecule has 0 radical (unpaired) electrons. The van der Waals surface area contributed by atoms with Crippen LogP contribution in [0.4, 0.5) is 5.69 Å². The molecule has 0 unspecified atom stereocenters. The number of nitrogens with two attached hydrogens (primary N) is 1. The summed E-state index contributed by atoms with van der Waals surface area (Å²) < 4.78 is 0. The monoisotopic (exact) mass is 199 g/mol. The number of carbonyl (C=O) groups excluding carboxylic acids is 1. The standard InChI is InChI=1S/C8H9N3O.ClH/c9-7-4-10-3-6-5(7)1-2-11-8(6)12;/h3-4H,1-2,9H2,(H,11,12);1H. The molecule has 0 saturated carbocycles. The Hall–Kier alpha value is -1.29. The van der Waals surface area contributed by atoms with Crippen LogP contribution in [0.25, 0.3) is 0 Å². The highest BCUT2D eigenvalue weighted by Gasteiger charge is 2.18. The average molecular weight is 200 g/mol. The van der Waals surface area contributed by atoms with Crippen LogP contribution in [0.15, 0.2) is 12.4 Å². The van der Waals surface area contributed by atoms with E-state index >= 15 is 0 Å². The van der Waals surface area contributed by atoms with Crippen LogP contribution in [0.2, 0.25) is 0 Å². The molecule has 70 valence electrons. The second-order valence-corrected chi connectivity index (χ2v) is 2.76. The van der Waals surface area contributed by atoms with Gasteiger partial charge in [-0.25, -0.2) is 0 Å². The molecular weight excluding hydrogens is 190 g/mol. The van der Waals surface area contributed by atoms with Crippen molar-refractivity contribution in [3.8, 4) is 0 Å². The molecule has 0 fully saturated rings. The molecule has 0 atom stereocenters. The summed E-state index contributed by atoms with van der Waals surface area (Å²) in [5.41, 5.74) is 7.81. The number of hydrogen-bond donors (Lipinski definition) is 2. The summed E-state index contributed by atoms with van der Waals surface area (Å²) in [5, 5.41) is 2.73. The molecule has 2 rings (SSSR count). The number of rotatable bonds is 0. The first-order valence-electron chi connectivity index (χ1n) is 3.79. The normalized spacial score (nSPS) is 14.0. The fourth-order valence-electron chi connectivity index (χ4n) is 1.37. The SMILES string of the molecule is Cl.Nc1cncc2c1CCNC2=O. The predicted molar refractivity (Wildman–Crippen MR) is 51.9 cm³/mol. The van der Waals surface area contributed by atoms with Gasteiger partial charge in [-0.3, -0.25) is 9.78 Å². The minimum atomic E-state index is -0.0731. The molecule has 1 aromatic heterocycles. The number of carbonyl (C=O) groups is 1. The number of fused-ring (bicyclic) bond motifs is 1. The highest BCUT2D eigenvalue weighted by atomic mass is 35.5. The molecule has 0 aliphatic carbocycles. The highest BCUT2D eigenvalue weighted by molar-refractivity contribution is 5.97. The van der Waals surface area contributed by atoms with Gasteiger partial charge in [0.05, 0.1) is 17.4 Å². The Morgan fingerprint density at radius 3 is 2.92 bits per heavy atom. The van der Waals surface area contributed by atoms with E-state index in [0.29, 0.717) is 17.8 Å². The second-order valence-electron chi connectivity index (χ2n) is 2.76. The second kappa shape index (κ2) is 3.62. The minimum absolute atomic E-state index is 0. The van der Waals surface area contributed by atoms with Crippen LogP contribution in [-0.2, 0) is 6.42 Å². The van der Waals surface area contributed by atoms with Crippen molar-refractivity contribution in [2.45, 2.75) is 6.42 Å². The summed E-state index contributed by atoms with van der Waals surface area (Å²) in [6.45, 7) is 0.667. The van der Waals surface area contributed by atoms with Gasteiger partial charge in [-0.05, 0) is 12.0 Å². The molecule has 13 heavy (non-hydrogen) atoms. The summed E-state index contributed by atoms with van der Waals surface area (Å²) in [4.78, 5) is 15.1. The third-order valence-electron chi connectivity index (χ3n) is 2.00. The fraction of sp³-hybridized carbons (Fsp3) is 0.250. The number of pyridine rings is 1. The largest absolute Gasteiger partial charge is 0.397 e. The van der Waals surface area contributed by atoms with Crippen LogP contribution in [0, 0.1) is 0 Å². The Kier molecular flexibility index (Phi) is 2.72. The zero-order chi connectivity index (χ0) is 8.55. The lowest BCUT2D eigenvalue weighted by molar-refractivity contribution is 0.0945. The number of halogens is 1. The van der Waals surface area contributed by atoms with E-state index in [1.807, 2.05) is 0 Å². The van der Waals surface area contributed by atoms with E-state index in [9.17, 15) is 4.79 Å². The van der Waals surface area contributed by atoms with Crippen LogP contribution in [0.5, 0.6) is 0 Å². The fourth-order valence-corrected chi connectivity index (χ4v) is 1.37. The quantitative estimate of drug-likeness (QED) is 0.635. The minimum Gasteiger partial charge on any atom is -0.397 e.